The molecule has 73 heavy (non-hydrogen) atoms. The molecule has 0 atom stereocenters. The Balaban J connectivity index is 1.02. The Morgan fingerprint density at radius 2 is 0.671 bits per heavy atom. The summed E-state index contributed by atoms with van der Waals surface area (Å²) in [4.78, 5) is 11.7. The second-order valence-corrected chi connectivity index (χ2v) is 18.6. The third-order valence-electron chi connectivity index (χ3n) is 12.1. The van der Waals surface area contributed by atoms with Gasteiger partial charge in [-0.3, -0.25) is 4.89 Å². The Kier molecular flexibility index (Phi) is 13.3. The Bertz CT molecular complexity index is 3430. The maximum Gasteiger partial charge on any atom is 0.585 e. The fraction of sp³-hybridized carbons (Fsp3) is 0.0625. The molecule has 1 N–H and O–H groups in total. The first-order chi connectivity index (χ1) is 35.9. The molecule has 0 saturated heterocycles. The molecule has 1 aliphatic rings. The van der Waals surface area contributed by atoms with Crippen molar-refractivity contribution in [1.29, 1.82) is 0 Å². The molecule has 0 saturated carbocycles. The van der Waals surface area contributed by atoms with Gasteiger partial charge in [-0.1, -0.05) is 194 Å². The number of phosphoric ester groups is 1. The van der Waals surface area contributed by atoms with Crippen molar-refractivity contribution in [3.8, 4) is 69.3 Å². The fourth-order valence-electron chi connectivity index (χ4n) is 8.64. The van der Waals surface area contributed by atoms with Crippen LogP contribution in [0.3, 0.4) is 0 Å². The normalized spacial score (nSPS) is 12.0. The Morgan fingerprint density at radius 3 is 1.00 bits per heavy atom. The number of ether oxygens (including phenoxy) is 4. The van der Waals surface area contributed by atoms with E-state index in [9.17, 15) is 9.46 Å². The molecule has 11 rings (SSSR count). The summed E-state index contributed by atoms with van der Waals surface area (Å²) in [5.74, 6) is 15.7. The minimum absolute atomic E-state index is 0.103. The van der Waals surface area contributed by atoms with Gasteiger partial charge in [0.1, 0.15) is 49.4 Å². The first kappa shape index (κ1) is 46.2. The Labute approximate surface area is 423 Å². The molecule has 354 valence electrons. The van der Waals surface area contributed by atoms with Crippen LogP contribution in [0.5, 0.6) is 34.5 Å². The van der Waals surface area contributed by atoms with Gasteiger partial charge in [-0.15, -0.1) is 0 Å². The monoisotopic (exact) mass is 972 g/mol. The topological polar surface area (TPSA) is 92.7 Å². The highest BCUT2D eigenvalue weighted by Crippen LogP contribution is 2.59. The van der Waals surface area contributed by atoms with E-state index in [2.05, 4.69) is 23.7 Å². The van der Waals surface area contributed by atoms with E-state index in [1.165, 1.54) is 0 Å². The molecule has 1 aliphatic heterocycles. The minimum atomic E-state index is -4.90. The van der Waals surface area contributed by atoms with E-state index >= 15 is 0 Å². The molecule has 0 spiro atoms. The predicted octanol–water partition coefficient (Wildman–Crippen LogP) is 14.6. The highest BCUT2D eigenvalue weighted by molar-refractivity contribution is 7.48. The molecular formula is C64H45O8P. The largest absolute Gasteiger partial charge is 0.585 e. The zero-order chi connectivity index (χ0) is 49.4. The summed E-state index contributed by atoms with van der Waals surface area (Å²) in [6.45, 7) is 1.36. The van der Waals surface area contributed by atoms with Crippen molar-refractivity contribution in [2.24, 2.45) is 0 Å². The molecule has 0 radical (unpaired) electrons. The van der Waals surface area contributed by atoms with Gasteiger partial charge in [-0.25, -0.2) is 4.57 Å². The lowest BCUT2D eigenvalue weighted by Gasteiger charge is -2.16. The molecule has 9 heteroatoms. The van der Waals surface area contributed by atoms with Crippen molar-refractivity contribution < 1.29 is 37.5 Å². The Morgan fingerprint density at radius 1 is 0.370 bits per heavy atom. The van der Waals surface area contributed by atoms with Gasteiger partial charge in [-0.05, 0) is 80.2 Å². The van der Waals surface area contributed by atoms with E-state index in [1.807, 2.05) is 218 Å². The van der Waals surface area contributed by atoms with E-state index in [1.54, 1.807) is 0 Å². The van der Waals surface area contributed by atoms with Crippen molar-refractivity contribution in [2.45, 2.75) is 26.4 Å². The molecule has 0 aromatic heterocycles. The van der Waals surface area contributed by atoms with Crippen LogP contribution in [-0.2, 0) is 31.0 Å². The molecule has 0 amide bonds. The summed E-state index contributed by atoms with van der Waals surface area (Å²) in [6.07, 6.45) is 0. The van der Waals surface area contributed by atoms with E-state index in [-0.39, 0.29) is 11.5 Å². The van der Waals surface area contributed by atoms with Crippen LogP contribution in [0.15, 0.2) is 218 Å². The van der Waals surface area contributed by atoms with Crippen molar-refractivity contribution in [2.75, 3.05) is 0 Å². The quantitative estimate of drug-likeness (QED) is 0.0956. The lowest BCUT2D eigenvalue weighted by Crippen LogP contribution is -2.00. The zero-order valence-electron chi connectivity index (χ0n) is 39.4. The maximum absolute atomic E-state index is 14.4. The molecule has 0 bridgehead atoms. The highest BCUT2D eigenvalue weighted by Gasteiger charge is 2.37. The maximum atomic E-state index is 14.4. The number of benzene rings is 10. The van der Waals surface area contributed by atoms with Gasteiger partial charge in [0, 0.05) is 34.4 Å². The smallest absolute Gasteiger partial charge is 0.489 e. The molecule has 10 aromatic carbocycles. The zero-order valence-corrected chi connectivity index (χ0v) is 40.3. The lowest BCUT2D eigenvalue weighted by molar-refractivity contribution is 0.289. The predicted molar refractivity (Wildman–Crippen MR) is 286 cm³/mol. The van der Waals surface area contributed by atoms with Gasteiger partial charge in [0.05, 0.1) is 11.1 Å². The second-order valence-electron chi connectivity index (χ2n) is 17.3. The number of hydrogen-bond donors (Lipinski definition) is 1. The standard InChI is InChI=1S/C64H45O8P/c65-73(66)71-63-53(31-29-49-33-55(67-41-45-17-5-1-6-18-45)39-56(34-49)68-42-46-19-7-2-8-20-46)37-51-25-13-15-27-59(51)61(63)62-60-28-16-14-26-52(60)38-54(64(62)72-73)32-30-50-35-57(69-43-47-21-9-3-10-22-47)40-58(36-50)70-44-48-23-11-4-12-24-48/h1-28,33-40H,41-44H2,(H,65,66). The summed E-state index contributed by atoms with van der Waals surface area (Å²) in [5, 5.41) is 3.19. The summed E-state index contributed by atoms with van der Waals surface area (Å²) < 4.78 is 51.9. The average molecular weight is 973 g/mol. The molecule has 0 fully saturated rings. The van der Waals surface area contributed by atoms with E-state index < -0.39 is 7.82 Å². The fourth-order valence-corrected chi connectivity index (χ4v) is 9.52. The van der Waals surface area contributed by atoms with Gasteiger partial charge in [0.2, 0.25) is 0 Å². The average Bonchev–Trinajstić information content (AvgIpc) is 3.56. The summed E-state index contributed by atoms with van der Waals surface area (Å²) >= 11 is 0. The van der Waals surface area contributed by atoms with Crippen molar-refractivity contribution >= 4 is 29.4 Å². The van der Waals surface area contributed by atoms with Gasteiger partial charge in [0.25, 0.3) is 0 Å². The van der Waals surface area contributed by atoms with Crippen LogP contribution in [0.1, 0.15) is 44.5 Å². The molecule has 0 aliphatic carbocycles. The number of phosphoric acid groups is 1. The molecular weight excluding hydrogens is 928 g/mol. The number of rotatable bonds is 12. The van der Waals surface area contributed by atoms with Crippen molar-refractivity contribution in [1.82, 2.24) is 0 Å². The summed E-state index contributed by atoms with van der Waals surface area (Å²) in [5.41, 5.74) is 7.07. The molecule has 1 heterocycles. The molecule has 8 nitrogen and oxygen atoms in total. The SMILES string of the molecule is O=P1(O)Oc2c(C#Cc3cc(OCc4ccccc4)cc(OCc4ccccc4)c3)cc3ccccc3c2-c2c(c(C#Cc3cc(OCc4ccccc4)cc(OCc4ccccc4)c3)cc3ccccc23)O1. The van der Waals surface area contributed by atoms with Crippen LogP contribution in [-0.4, -0.2) is 4.89 Å². The summed E-state index contributed by atoms with van der Waals surface area (Å²) in [7, 11) is -4.90. The number of hydrogen-bond acceptors (Lipinski definition) is 7. The third-order valence-corrected chi connectivity index (χ3v) is 12.9. The Hall–Kier alpha value is -9.17. The highest BCUT2D eigenvalue weighted by atomic mass is 31.2. The van der Waals surface area contributed by atoms with Gasteiger partial charge in [-0.2, -0.15) is 0 Å². The van der Waals surface area contributed by atoms with Crippen LogP contribution in [0.4, 0.5) is 0 Å². The van der Waals surface area contributed by atoms with Gasteiger partial charge in [0.15, 0.2) is 11.5 Å². The van der Waals surface area contributed by atoms with E-state index in [0.29, 0.717) is 82.8 Å². The van der Waals surface area contributed by atoms with Crippen molar-refractivity contribution in [3.63, 3.8) is 0 Å². The van der Waals surface area contributed by atoms with Crippen LogP contribution in [0.25, 0.3) is 32.7 Å². The first-order valence-corrected chi connectivity index (χ1v) is 25.2. The van der Waals surface area contributed by atoms with Crippen molar-refractivity contribution in [3.05, 3.63) is 263 Å². The first-order valence-electron chi connectivity index (χ1n) is 23.7. The molecule has 10 aromatic rings. The van der Waals surface area contributed by atoms with E-state index in [4.69, 9.17) is 28.0 Å². The van der Waals surface area contributed by atoms with Gasteiger partial charge < -0.3 is 28.0 Å². The summed E-state index contributed by atoms with van der Waals surface area (Å²) in [6, 6.07) is 70.1. The lowest BCUT2D eigenvalue weighted by atomic mass is 9.89. The van der Waals surface area contributed by atoms with Gasteiger partial charge >= 0.3 is 7.82 Å². The van der Waals surface area contributed by atoms with Crippen LogP contribution in [0, 0.1) is 23.7 Å². The number of fused-ring (bicyclic) bond motifs is 7. The van der Waals surface area contributed by atoms with Crippen LogP contribution >= 0.6 is 7.82 Å². The molecule has 0 unspecified atom stereocenters. The minimum Gasteiger partial charge on any atom is -0.489 e. The van der Waals surface area contributed by atoms with Crippen LogP contribution < -0.4 is 28.0 Å². The van der Waals surface area contributed by atoms with Crippen LogP contribution in [0.2, 0.25) is 0 Å². The third kappa shape index (κ3) is 11.1. The van der Waals surface area contributed by atoms with E-state index in [0.717, 1.165) is 43.8 Å². The second kappa shape index (κ2) is 21.0.